The van der Waals surface area contributed by atoms with Crippen LogP contribution in [-0.4, -0.2) is 16.2 Å². The molecule has 5 nitrogen and oxygen atoms in total. The number of anilines is 1. The van der Waals surface area contributed by atoms with Crippen LogP contribution in [0.5, 0.6) is 5.75 Å². The topological polar surface area (TPSA) is 62.3 Å². The van der Waals surface area contributed by atoms with E-state index in [-0.39, 0.29) is 0 Å². The molecule has 0 unspecified atom stereocenters. The van der Waals surface area contributed by atoms with Crippen molar-refractivity contribution in [2.24, 2.45) is 5.10 Å². The van der Waals surface area contributed by atoms with Gasteiger partial charge in [-0.2, -0.15) is 5.10 Å². The highest BCUT2D eigenvalue weighted by Gasteiger charge is 2.03. The molecular weight excluding hydrogens is 484 g/mol. The standard InChI is InChI=1S/C21H16Br2N4O/c22-16-8-5-14(6-9-16)13-28-20-10-7-15(11-17(20)23)12-24-27-21-25-18-3-1-2-4-19(18)26-21/h1-12H,13H2,(H2,25,26,27)/b24-12-. The molecule has 1 aromatic heterocycles. The maximum Gasteiger partial charge on any atom is 0.222 e. The first-order chi connectivity index (χ1) is 13.7. The van der Waals surface area contributed by atoms with E-state index in [2.05, 4.69) is 52.4 Å². The van der Waals surface area contributed by atoms with E-state index >= 15 is 0 Å². The Labute approximate surface area is 179 Å². The van der Waals surface area contributed by atoms with Gasteiger partial charge in [-0.15, -0.1) is 0 Å². The van der Waals surface area contributed by atoms with Gasteiger partial charge in [0.05, 0.1) is 21.7 Å². The van der Waals surface area contributed by atoms with E-state index in [1.165, 1.54) is 0 Å². The van der Waals surface area contributed by atoms with Gasteiger partial charge in [-0.3, -0.25) is 0 Å². The zero-order valence-corrected chi connectivity index (χ0v) is 17.9. The Bertz CT molecular complexity index is 1090. The smallest absolute Gasteiger partial charge is 0.222 e. The molecule has 0 atom stereocenters. The molecule has 4 aromatic rings. The van der Waals surface area contributed by atoms with Crippen LogP contribution in [0.3, 0.4) is 0 Å². The lowest BCUT2D eigenvalue weighted by molar-refractivity contribution is 0.304. The summed E-state index contributed by atoms with van der Waals surface area (Å²) >= 11 is 6.99. The van der Waals surface area contributed by atoms with E-state index in [1.54, 1.807) is 6.21 Å². The van der Waals surface area contributed by atoms with Gasteiger partial charge in [0, 0.05) is 4.47 Å². The number of nitrogens with zero attached hydrogens (tertiary/aromatic N) is 2. The lowest BCUT2D eigenvalue weighted by Gasteiger charge is -2.09. The van der Waals surface area contributed by atoms with Crippen LogP contribution in [-0.2, 0) is 6.61 Å². The molecule has 0 aliphatic heterocycles. The van der Waals surface area contributed by atoms with Crippen molar-refractivity contribution in [3.8, 4) is 5.75 Å². The number of nitrogens with one attached hydrogen (secondary N) is 2. The summed E-state index contributed by atoms with van der Waals surface area (Å²) in [5, 5.41) is 4.24. The van der Waals surface area contributed by atoms with Crippen molar-refractivity contribution in [2.45, 2.75) is 6.61 Å². The lowest BCUT2D eigenvalue weighted by atomic mass is 10.2. The van der Waals surface area contributed by atoms with Crippen LogP contribution in [0.15, 0.2) is 80.8 Å². The summed E-state index contributed by atoms with van der Waals surface area (Å²) in [4.78, 5) is 7.59. The molecule has 2 N–H and O–H groups in total. The fourth-order valence-electron chi connectivity index (χ4n) is 2.63. The first kappa shape index (κ1) is 18.7. The molecule has 0 saturated heterocycles. The average molecular weight is 500 g/mol. The monoisotopic (exact) mass is 498 g/mol. The maximum absolute atomic E-state index is 5.89. The number of aromatic nitrogens is 2. The van der Waals surface area contributed by atoms with E-state index in [0.717, 1.165) is 36.9 Å². The molecule has 0 saturated carbocycles. The predicted molar refractivity (Wildman–Crippen MR) is 120 cm³/mol. The second kappa shape index (κ2) is 8.58. The summed E-state index contributed by atoms with van der Waals surface area (Å²) in [6, 6.07) is 21.7. The second-order valence-corrected chi connectivity index (χ2v) is 7.85. The molecule has 4 rings (SSSR count). The van der Waals surface area contributed by atoms with Crippen LogP contribution >= 0.6 is 31.9 Å². The third-order valence-electron chi connectivity index (χ3n) is 4.04. The van der Waals surface area contributed by atoms with Crippen molar-refractivity contribution >= 4 is 55.1 Å². The van der Waals surface area contributed by atoms with Crippen LogP contribution < -0.4 is 10.2 Å². The van der Waals surface area contributed by atoms with Gasteiger partial charge in [0.1, 0.15) is 12.4 Å². The minimum absolute atomic E-state index is 0.507. The molecule has 7 heteroatoms. The minimum atomic E-state index is 0.507. The van der Waals surface area contributed by atoms with Crippen molar-refractivity contribution in [3.63, 3.8) is 0 Å². The molecule has 0 amide bonds. The number of rotatable bonds is 6. The molecule has 3 aromatic carbocycles. The van der Waals surface area contributed by atoms with Crippen LogP contribution in [0.2, 0.25) is 0 Å². The Kier molecular flexibility index (Phi) is 5.73. The third-order valence-corrected chi connectivity index (χ3v) is 5.19. The highest BCUT2D eigenvalue weighted by atomic mass is 79.9. The van der Waals surface area contributed by atoms with Crippen LogP contribution in [0, 0.1) is 0 Å². The molecule has 0 radical (unpaired) electrons. The SMILES string of the molecule is Brc1ccc(COc2ccc(/C=N\Nc3nc4ccccc4[nH]3)cc2Br)cc1. The van der Waals surface area contributed by atoms with Crippen LogP contribution in [0.4, 0.5) is 5.95 Å². The lowest BCUT2D eigenvalue weighted by Crippen LogP contribution is -1.97. The maximum atomic E-state index is 5.89. The van der Waals surface area contributed by atoms with Gasteiger partial charge in [-0.25, -0.2) is 10.4 Å². The number of hydrazone groups is 1. The van der Waals surface area contributed by atoms with Crippen LogP contribution in [0.25, 0.3) is 11.0 Å². The summed E-state index contributed by atoms with van der Waals surface area (Å²) in [6.45, 7) is 0.507. The molecule has 140 valence electrons. The number of imidazole rings is 1. The Hall–Kier alpha value is -2.64. The molecule has 1 heterocycles. The van der Waals surface area contributed by atoms with Crippen molar-refractivity contribution in [1.29, 1.82) is 0 Å². The van der Waals surface area contributed by atoms with Crippen molar-refractivity contribution < 1.29 is 4.74 Å². The summed E-state index contributed by atoms with van der Waals surface area (Å²) < 4.78 is 7.81. The zero-order valence-electron chi connectivity index (χ0n) is 14.7. The van der Waals surface area contributed by atoms with Crippen molar-refractivity contribution in [2.75, 3.05) is 5.43 Å². The Balaban J connectivity index is 1.38. The summed E-state index contributed by atoms with van der Waals surface area (Å²) in [5.41, 5.74) is 6.83. The average Bonchev–Trinajstić information content (AvgIpc) is 3.11. The molecule has 0 spiro atoms. The van der Waals surface area contributed by atoms with Crippen LogP contribution in [0.1, 0.15) is 11.1 Å². The number of hydrogen-bond donors (Lipinski definition) is 2. The van der Waals surface area contributed by atoms with E-state index < -0.39 is 0 Å². The highest BCUT2D eigenvalue weighted by Crippen LogP contribution is 2.26. The Morgan fingerprint density at radius 2 is 1.86 bits per heavy atom. The molecule has 0 bridgehead atoms. The van der Waals surface area contributed by atoms with Gasteiger partial charge in [-0.1, -0.05) is 40.2 Å². The number of aromatic amines is 1. The van der Waals surface area contributed by atoms with E-state index in [0.29, 0.717) is 12.6 Å². The molecule has 28 heavy (non-hydrogen) atoms. The fourth-order valence-corrected chi connectivity index (χ4v) is 3.41. The number of halogens is 2. The number of ether oxygens (including phenoxy) is 1. The number of H-pyrrole nitrogens is 1. The summed E-state index contributed by atoms with van der Waals surface area (Å²) in [7, 11) is 0. The minimum Gasteiger partial charge on any atom is -0.488 e. The highest BCUT2D eigenvalue weighted by molar-refractivity contribution is 9.10. The van der Waals surface area contributed by atoms with Crippen molar-refractivity contribution in [3.05, 3.63) is 86.8 Å². The van der Waals surface area contributed by atoms with E-state index in [9.17, 15) is 0 Å². The fraction of sp³-hybridized carbons (Fsp3) is 0.0476. The second-order valence-electron chi connectivity index (χ2n) is 6.08. The van der Waals surface area contributed by atoms with E-state index in [4.69, 9.17) is 4.74 Å². The van der Waals surface area contributed by atoms with Gasteiger partial charge in [0.15, 0.2) is 0 Å². The molecule has 0 aliphatic rings. The number of hydrogen-bond acceptors (Lipinski definition) is 4. The van der Waals surface area contributed by atoms with E-state index in [1.807, 2.05) is 66.7 Å². The summed E-state index contributed by atoms with van der Waals surface area (Å²) in [5.74, 6) is 1.39. The molecule has 0 fully saturated rings. The first-order valence-corrected chi connectivity index (χ1v) is 10.2. The van der Waals surface area contributed by atoms with Gasteiger partial charge in [-0.05, 0) is 69.5 Å². The first-order valence-electron chi connectivity index (χ1n) is 8.58. The largest absolute Gasteiger partial charge is 0.488 e. The molecule has 0 aliphatic carbocycles. The normalized spacial score (nSPS) is 11.2. The quantitative estimate of drug-likeness (QED) is 0.248. The Morgan fingerprint density at radius 3 is 2.64 bits per heavy atom. The predicted octanol–water partition coefficient (Wildman–Crippen LogP) is 6.11. The van der Waals surface area contributed by atoms with Gasteiger partial charge < -0.3 is 9.72 Å². The molecular formula is C21H16Br2N4O. The van der Waals surface area contributed by atoms with Gasteiger partial charge in [0.25, 0.3) is 0 Å². The van der Waals surface area contributed by atoms with Crippen molar-refractivity contribution in [1.82, 2.24) is 9.97 Å². The Morgan fingerprint density at radius 1 is 1.04 bits per heavy atom. The van der Waals surface area contributed by atoms with Gasteiger partial charge >= 0.3 is 0 Å². The third kappa shape index (κ3) is 4.61. The number of fused-ring (bicyclic) bond motifs is 1. The summed E-state index contributed by atoms with van der Waals surface area (Å²) in [6.07, 6.45) is 1.73. The number of benzene rings is 3. The number of para-hydroxylation sites is 2. The van der Waals surface area contributed by atoms with Gasteiger partial charge in [0.2, 0.25) is 5.95 Å². The zero-order chi connectivity index (χ0) is 19.3.